The number of nitrogens with zero attached hydrogens (tertiary/aromatic N) is 1. The van der Waals surface area contributed by atoms with Crippen molar-refractivity contribution in [2.75, 3.05) is 33.2 Å². The van der Waals surface area contributed by atoms with Crippen LogP contribution >= 0.6 is 12.4 Å². The van der Waals surface area contributed by atoms with Crippen LogP contribution in [0.3, 0.4) is 0 Å². The predicted molar refractivity (Wildman–Crippen MR) is 50.8 cm³/mol. The highest BCUT2D eigenvalue weighted by Crippen LogP contribution is 1.92. The van der Waals surface area contributed by atoms with E-state index in [1.165, 1.54) is 0 Å². The van der Waals surface area contributed by atoms with E-state index >= 15 is 0 Å². The number of carbonyl (C=O) groups excluding carboxylic acids is 2. The number of likely N-dealkylation sites (N-methyl/N-ethyl adjacent to an activating group) is 1. The van der Waals surface area contributed by atoms with Gasteiger partial charge in [0.25, 0.3) is 0 Å². The third-order valence-electron chi connectivity index (χ3n) is 1.72. The van der Waals surface area contributed by atoms with Gasteiger partial charge in [0.1, 0.15) is 0 Å². The van der Waals surface area contributed by atoms with Crippen molar-refractivity contribution in [3.05, 3.63) is 0 Å². The van der Waals surface area contributed by atoms with Crippen LogP contribution in [0.5, 0.6) is 0 Å². The fraction of sp³-hybridized carbons (Fsp3) is 0.714. The van der Waals surface area contributed by atoms with Gasteiger partial charge < -0.3 is 15.5 Å². The number of hydrogen-bond donors (Lipinski definition) is 2. The van der Waals surface area contributed by atoms with Crippen molar-refractivity contribution in [2.45, 2.75) is 0 Å². The second kappa shape index (κ2) is 5.77. The molecule has 0 aromatic carbocycles. The third kappa shape index (κ3) is 3.61. The standard InChI is InChI=1S/C7H13N3O2.ClH/c1-8-4-7(12)10-3-2-9-6(11)5-10;/h8H,2-5H2,1H3,(H,9,11);1H. The fourth-order valence-corrected chi connectivity index (χ4v) is 1.11. The molecule has 2 N–H and O–H groups in total. The number of rotatable bonds is 2. The van der Waals surface area contributed by atoms with Crippen LogP contribution < -0.4 is 10.6 Å². The van der Waals surface area contributed by atoms with Crippen LogP contribution in [0.4, 0.5) is 0 Å². The maximum Gasteiger partial charge on any atom is 0.239 e. The lowest BCUT2D eigenvalue weighted by atomic mass is 10.3. The average Bonchev–Trinajstić information content (AvgIpc) is 2.05. The van der Waals surface area contributed by atoms with Crippen LogP contribution in [0, 0.1) is 0 Å². The van der Waals surface area contributed by atoms with E-state index in [2.05, 4.69) is 10.6 Å². The number of amides is 2. The van der Waals surface area contributed by atoms with Crippen molar-refractivity contribution in [3.63, 3.8) is 0 Å². The molecule has 0 bridgehead atoms. The summed E-state index contributed by atoms with van der Waals surface area (Å²) < 4.78 is 0. The Morgan fingerprint density at radius 3 is 2.92 bits per heavy atom. The molecule has 0 spiro atoms. The summed E-state index contributed by atoms with van der Waals surface area (Å²) in [5, 5.41) is 5.41. The zero-order valence-electron chi connectivity index (χ0n) is 7.50. The topological polar surface area (TPSA) is 61.4 Å². The van der Waals surface area contributed by atoms with E-state index in [1.54, 1.807) is 11.9 Å². The number of nitrogens with one attached hydrogen (secondary N) is 2. The minimum atomic E-state index is -0.0781. The molecule has 0 atom stereocenters. The van der Waals surface area contributed by atoms with Crippen molar-refractivity contribution >= 4 is 24.2 Å². The first-order valence-corrected chi connectivity index (χ1v) is 3.93. The van der Waals surface area contributed by atoms with Crippen molar-refractivity contribution in [1.82, 2.24) is 15.5 Å². The Kier molecular flexibility index (Phi) is 5.41. The average molecular weight is 208 g/mol. The van der Waals surface area contributed by atoms with E-state index in [1.807, 2.05) is 0 Å². The molecule has 0 radical (unpaired) electrons. The summed E-state index contributed by atoms with van der Waals surface area (Å²) >= 11 is 0. The molecule has 0 aromatic rings. The molecule has 2 amide bonds. The molecule has 0 aromatic heterocycles. The van der Waals surface area contributed by atoms with E-state index in [9.17, 15) is 9.59 Å². The second-order valence-corrected chi connectivity index (χ2v) is 2.70. The maximum atomic E-state index is 11.2. The Hall–Kier alpha value is -0.810. The normalized spacial score (nSPS) is 16.1. The van der Waals surface area contributed by atoms with E-state index < -0.39 is 0 Å². The van der Waals surface area contributed by atoms with Crippen molar-refractivity contribution in [3.8, 4) is 0 Å². The summed E-state index contributed by atoms with van der Waals surface area (Å²) in [4.78, 5) is 23.6. The summed E-state index contributed by atoms with van der Waals surface area (Å²) in [6, 6.07) is 0. The molecule has 1 aliphatic rings. The SMILES string of the molecule is CNCC(=O)N1CCNC(=O)C1.Cl. The van der Waals surface area contributed by atoms with E-state index in [0.29, 0.717) is 19.6 Å². The first-order chi connectivity index (χ1) is 5.74. The lowest BCUT2D eigenvalue weighted by Gasteiger charge is -2.26. The molecule has 0 saturated carbocycles. The van der Waals surface area contributed by atoms with Gasteiger partial charge in [-0.2, -0.15) is 0 Å². The summed E-state index contributed by atoms with van der Waals surface area (Å²) in [5.41, 5.74) is 0. The fourth-order valence-electron chi connectivity index (χ4n) is 1.11. The van der Waals surface area contributed by atoms with E-state index in [0.717, 1.165) is 0 Å². The van der Waals surface area contributed by atoms with Gasteiger partial charge in [-0.3, -0.25) is 9.59 Å². The Labute approximate surface area is 83.3 Å². The molecular weight excluding hydrogens is 194 g/mol. The Balaban J connectivity index is 0.00000144. The molecule has 1 aliphatic heterocycles. The van der Waals surface area contributed by atoms with Crippen LogP contribution in [0.25, 0.3) is 0 Å². The minimum absolute atomic E-state index is 0. The van der Waals surface area contributed by atoms with E-state index in [-0.39, 0.29) is 30.8 Å². The molecule has 1 fully saturated rings. The molecule has 1 saturated heterocycles. The molecular formula is C7H14ClN3O2. The summed E-state index contributed by atoms with van der Waals surface area (Å²) in [6.45, 7) is 1.67. The molecule has 0 unspecified atom stereocenters. The smallest absolute Gasteiger partial charge is 0.239 e. The first kappa shape index (κ1) is 12.2. The Morgan fingerprint density at radius 1 is 1.69 bits per heavy atom. The lowest BCUT2D eigenvalue weighted by Crippen LogP contribution is -2.51. The number of carbonyl (C=O) groups is 2. The number of hydrogen-bond acceptors (Lipinski definition) is 3. The number of halogens is 1. The zero-order chi connectivity index (χ0) is 8.97. The van der Waals surface area contributed by atoms with Crippen LogP contribution in [0.15, 0.2) is 0 Å². The van der Waals surface area contributed by atoms with Gasteiger partial charge in [-0.1, -0.05) is 0 Å². The van der Waals surface area contributed by atoms with Gasteiger partial charge in [0.05, 0.1) is 13.1 Å². The molecule has 13 heavy (non-hydrogen) atoms. The Morgan fingerprint density at radius 2 is 2.38 bits per heavy atom. The van der Waals surface area contributed by atoms with Crippen LogP contribution in [-0.2, 0) is 9.59 Å². The van der Waals surface area contributed by atoms with Crippen molar-refractivity contribution in [1.29, 1.82) is 0 Å². The Bertz CT molecular complexity index is 198. The van der Waals surface area contributed by atoms with Gasteiger partial charge in [0.15, 0.2) is 0 Å². The largest absolute Gasteiger partial charge is 0.353 e. The molecule has 1 rings (SSSR count). The quantitative estimate of drug-likeness (QED) is 0.585. The zero-order valence-corrected chi connectivity index (χ0v) is 8.32. The number of piperazine rings is 1. The van der Waals surface area contributed by atoms with Gasteiger partial charge in [-0.05, 0) is 7.05 Å². The third-order valence-corrected chi connectivity index (χ3v) is 1.72. The molecule has 1 heterocycles. The van der Waals surface area contributed by atoms with Gasteiger partial charge in [0.2, 0.25) is 11.8 Å². The molecule has 5 nitrogen and oxygen atoms in total. The van der Waals surface area contributed by atoms with Crippen LogP contribution in [-0.4, -0.2) is 49.9 Å². The summed E-state index contributed by atoms with van der Waals surface area (Å²) in [7, 11) is 1.71. The van der Waals surface area contributed by atoms with Crippen LogP contribution in [0.2, 0.25) is 0 Å². The van der Waals surface area contributed by atoms with Gasteiger partial charge in [-0.25, -0.2) is 0 Å². The van der Waals surface area contributed by atoms with E-state index in [4.69, 9.17) is 0 Å². The molecule has 76 valence electrons. The highest BCUT2D eigenvalue weighted by Gasteiger charge is 2.19. The maximum absolute atomic E-state index is 11.2. The lowest BCUT2D eigenvalue weighted by molar-refractivity contribution is -0.137. The summed E-state index contributed by atoms with van der Waals surface area (Å²) in [6.07, 6.45) is 0. The summed E-state index contributed by atoms with van der Waals surface area (Å²) in [5.74, 6) is -0.0990. The minimum Gasteiger partial charge on any atom is -0.353 e. The van der Waals surface area contributed by atoms with Crippen molar-refractivity contribution in [2.24, 2.45) is 0 Å². The van der Waals surface area contributed by atoms with Gasteiger partial charge >= 0.3 is 0 Å². The van der Waals surface area contributed by atoms with Crippen LogP contribution in [0.1, 0.15) is 0 Å². The van der Waals surface area contributed by atoms with Gasteiger partial charge in [-0.15, -0.1) is 12.4 Å². The first-order valence-electron chi connectivity index (χ1n) is 3.93. The van der Waals surface area contributed by atoms with Gasteiger partial charge in [0, 0.05) is 13.1 Å². The monoisotopic (exact) mass is 207 g/mol. The highest BCUT2D eigenvalue weighted by molar-refractivity contribution is 5.86. The highest BCUT2D eigenvalue weighted by atomic mass is 35.5. The molecule has 0 aliphatic carbocycles. The predicted octanol–water partition coefficient (Wildman–Crippen LogP) is -1.41. The van der Waals surface area contributed by atoms with Crippen molar-refractivity contribution < 1.29 is 9.59 Å². The second-order valence-electron chi connectivity index (χ2n) is 2.70. The molecule has 6 heteroatoms.